The van der Waals surface area contributed by atoms with E-state index < -0.39 is 12.7 Å². The minimum atomic E-state index is -4.36. The molecule has 0 amide bonds. The topological polar surface area (TPSA) is 56.1 Å². The van der Waals surface area contributed by atoms with E-state index in [-0.39, 0.29) is 18.4 Å². The van der Waals surface area contributed by atoms with Gasteiger partial charge in [-0.3, -0.25) is 4.90 Å². The summed E-state index contributed by atoms with van der Waals surface area (Å²) in [6.45, 7) is 2.02. The molecule has 9 heteroatoms. The summed E-state index contributed by atoms with van der Waals surface area (Å²) in [5.74, 6) is 0.991. The Labute approximate surface area is 130 Å². The first-order chi connectivity index (χ1) is 10.9. The molecule has 1 aromatic carbocycles. The lowest BCUT2D eigenvalue weighted by Crippen LogP contribution is -2.35. The Morgan fingerprint density at radius 1 is 1.30 bits per heavy atom. The molecule has 0 unspecified atom stereocenters. The van der Waals surface area contributed by atoms with E-state index in [1.54, 1.807) is 0 Å². The van der Waals surface area contributed by atoms with E-state index in [9.17, 15) is 13.2 Å². The van der Waals surface area contributed by atoms with Gasteiger partial charge in [-0.1, -0.05) is 18.2 Å². The molecule has 0 saturated heterocycles. The molecule has 0 bridgehead atoms. The third-order valence-corrected chi connectivity index (χ3v) is 3.73. The lowest BCUT2D eigenvalue weighted by atomic mass is 10.2. The maximum Gasteiger partial charge on any atom is 0.408 e. The summed E-state index contributed by atoms with van der Waals surface area (Å²) < 4.78 is 44.2. The van der Waals surface area contributed by atoms with E-state index in [0.717, 1.165) is 16.0 Å². The van der Waals surface area contributed by atoms with Gasteiger partial charge in [-0.25, -0.2) is 4.68 Å². The van der Waals surface area contributed by atoms with Crippen LogP contribution in [0.15, 0.2) is 24.3 Å². The van der Waals surface area contributed by atoms with Gasteiger partial charge in [0.2, 0.25) is 0 Å². The maximum absolute atomic E-state index is 12.6. The molecule has 0 fully saturated rings. The van der Waals surface area contributed by atoms with E-state index in [0.29, 0.717) is 13.2 Å². The Balaban J connectivity index is 1.78. The number of aromatic nitrogens is 4. The predicted octanol–water partition coefficient (Wildman–Crippen LogP) is 2.02. The van der Waals surface area contributed by atoms with Crippen LogP contribution in [0, 0.1) is 0 Å². The van der Waals surface area contributed by atoms with Gasteiger partial charge < -0.3 is 4.74 Å². The van der Waals surface area contributed by atoms with Crippen molar-refractivity contribution in [3.8, 4) is 5.75 Å². The molecule has 1 aliphatic heterocycles. The van der Waals surface area contributed by atoms with Gasteiger partial charge in [0.15, 0.2) is 5.82 Å². The molecule has 0 N–H and O–H groups in total. The molecular weight excluding hydrogens is 311 g/mol. The second kappa shape index (κ2) is 6.15. The summed E-state index contributed by atoms with van der Waals surface area (Å²) >= 11 is 0. The minimum Gasteiger partial charge on any atom is -0.492 e. The lowest BCUT2D eigenvalue weighted by Gasteiger charge is -2.25. The molecule has 1 aromatic heterocycles. The number of hydrogen-bond acceptors (Lipinski definition) is 5. The van der Waals surface area contributed by atoms with Crippen LogP contribution < -0.4 is 4.74 Å². The van der Waals surface area contributed by atoms with Gasteiger partial charge in [0.1, 0.15) is 18.9 Å². The third-order valence-electron chi connectivity index (χ3n) is 3.73. The highest BCUT2D eigenvalue weighted by Crippen LogP contribution is 2.25. The number of alkyl halides is 3. The van der Waals surface area contributed by atoms with Crippen molar-refractivity contribution in [2.24, 2.45) is 0 Å². The molecule has 1 atom stereocenters. The van der Waals surface area contributed by atoms with Crippen LogP contribution in [0.3, 0.4) is 0 Å². The van der Waals surface area contributed by atoms with Gasteiger partial charge in [-0.15, -0.1) is 5.10 Å². The molecule has 0 spiro atoms. The quantitative estimate of drug-likeness (QED) is 0.863. The zero-order valence-electron chi connectivity index (χ0n) is 12.5. The average molecular weight is 327 g/mol. The van der Waals surface area contributed by atoms with Crippen molar-refractivity contribution in [3.05, 3.63) is 35.7 Å². The van der Waals surface area contributed by atoms with E-state index in [1.165, 1.54) is 0 Å². The summed E-state index contributed by atoms with van der Waals surface area (Å²) in [5.41, 5.74) is 0.992. The van der Waals surface area contributed by atoms with Crippen LogP contribution in [-0.2, 0) is 19.6 Å². The molecule has 3 rings (SSSR count). The van der Waals surface area contributed by atoms with Gasteiger partial charge in [-0.05, 0) is 23.4 Å². The fraction of sp³-hybridized carbons (Fsp3) is 0.500. The van der Waals surface area contributed by atoms with Gasteiger partial charge in [0.25, 0.3) is 0 Å². The molecule has 6 nitrogen and oxygen atoms in total. The molecule has 2 aromatic rings. The zero-order chi connectivity index (χ0) is 16.4. The summed E-state index contributed by atoms with van der Waals surface area (Å²) in [6, 6.07) is 7.66. The largest absolute Gasteiger partial charge is 0.492 e. The van der Waals surface area contributed by atoms with Gasteiger partial charge in [-0.2, -0.15) is 13.2 Å². The molecule has 2 heterocycles. The summed E-state index contributed by atoms with van der Waals surface area (Å²) in [6.07, 6.45) is -4.36. The number of tetrazole rings is 1. The van der Waals surface area contributed by atoms with Crippen molar-refractivity contribution < 1.29 is 17.9 Å². The van der Waals surface area contributed by atoms with E-state index in [2.05, 4.69) is 15.5 Å². The second-order valence-corrected chi connectivity index (χ2v) is 5.54. The molecular formula is C14H16F3N5O. The fourth-order valence-electron chi connectivity index (χ4n) is 2.49. The first-order valence-electron chi connectivity index (χ1n) is 7.19. The number of ether oxygens (including phenoxy) is 1. The van der Waals surface area contributed by atoms with Gasteiger partial charge in [0.05, 0.1) is 6.54 Å². The highest BCUT2D eigenvalue weighted by Gasteiger charge is 2.31. The summed E-state index contributed by atoms with van der Waals surface area (Å²) in [4.78, 5) is 2.00. The molecule has 0 radical (unpaired) electrons. The van der Waals surface area contributed by atoms with Crippen molar-refractivity contribution in [1.82, 2.24) is 25.1 Å². The number of rotatable bonds is 3. The monoisotopic (exact) mass is 327 g/mol. The first-order valence-corrected chi connectivity index (χ1v) is 7.19. The Hall–Kier alpha value is -2.16. The zero-order valence-corrected chi connectivity index (χ0v) is 12.5. The number of para-hydroxylation sites is 1. The fourth-order valence-corrected chi connectivity index (χ4v) is 2.49. The van der Waals surface area contributed by atoms with Gasteiger partial charge in [0, 0.05) is 18.2 Å². The number of halogens is 3. The molecule has 1 aliphatic rings. The van der Waals surface area contributed by atoms with Crippen LogP contribution >= 0.6 is 0 Å². The summed E-state index contributed by atoms with van der Waals surface area (Å²) in [7, 11) is 0. The second-order valence-electron chi connectivity index (χ2n) is 5.54. The van der Waals surface area contributed by atoms with Crippen LogP contribution in [0.25, 0.3) is 0 Å². The Morgan fingerprint density at radius 3 is 2.87 bits per heavy atom. The normalized spacial score (nSPS) is 19.0. The van der Waals surface area contributed by atoms with Crippen LogP contribution in [0.1, 0.15) is 18.3 Å². The van der Waals surface area contributed by atoms with E-state index in [1.807, 2.05) is 36.1 Å². The van der Waals surface area contributed by atoms with Crippen molar-refractivity contribution in [1.29, 1.82) is 0 Å². The number of nitrogens with zero attached hydrogens (tertiary/aromatic N) is 5. The SMILES string of the molecule is C[C@@H]1COc2ccccc2CN1Cc1nnnn1CC(F)(F)F. The smallest absolute Gasteiger partial charge is 0.408 e. The van der Waals surface area contributed by atoms with Crippen molar-refractivity contribution in [2.45, 2.75) is 38.8 Å². The van der Waals surface area contributed by atoms with Crippen molar-refractivity contribution >= 4 is 0 Å². The average Bonchev–Trinajstić information content (AvgIpc) is 2.82. The van der Waals surface area contributed by atoms with Crippen molar-refractivity contribution in [3.63, 3.8) is 0 Å². The van der Waals surface area contributed by atoms with E-state index >= 15 is 0 Å². The maximum atomic E-state index is 12.6. The molecule has 23 heavy (non-hydrogen) atoms. The lowest BCUT2D eigenvalue weighted by molar-refractivity contribution is -0.143. The summed E-state index contributed by atoms with van der Waals surface area (Å²) in [5, 5.41) is 10.5. The van der Waals surface area contributed by atoms with Gasteiger partial charge >= 0.3 is 6.18 Å². The minimum absolute atomic E-state index is 0.0263. The molecule has 0 saturated carbocycles. The van der Waals surface area contributed by atoms with E-state index in [4.69, 9.17) is 4.74 Å². The van der Waals surface area contributed by atoms with Crippen LogP contribution in [0.2, 0.25) is 0 Å². The van der Waals surface area contributed by atoms with Crippen LogP contribution in [-0.4, -0.2) is 43.9 Å². The highest BCUT2D eigenvalue weighted by molar-refractivity contribution is 5.34. The first kappa shape index (κ1) is 15.7. The molecule has 124 valence electrons. The molecule has 0 aliphatic carbocycles. The number of benzene rings is 1. The standard InChI is InChI=1S/C14H16F3N5O/c1-10-8-23-12-5-3-2-4-11(12)6-21(10)7-13-18-19-20-22(13)9-14(15,16)17/h2-5,10H,6-9H2,1H3/t10-/m1/s1. The van der Waals surface area contributed by atoms with Crippen LogP contribution in [0.4, 0.5) is 13.2 Å². The Kier molecular flexibility index (Phi) is 4.20. The third kappa shape index (κ3) is 3.79. The van der Waals surface area contributed by atoms with Crippen molar-refractivity contribution in [2.75, 3.05) is 6.61 Å². The van der Waals surface area contributed by atoms with Crippen LogP contribution in [0.5, 0.6) is 5.75 Å². The Bertz CT molecular complexity index is 672. The number of fused-ring (bicyclic) bond motifs is 1. The highest BCUT2D eigenvalue weighted by atomic mass is 19.4. The Morgan fingerprint density at radius 2 is 2.09 bits per heavy atom. The number of hydrogen-bond donors (Lipinski definition) is 0. The predicted molar refractivity (Wildman–Crippen MR) is 74.5 cm³/mol.